The van der Waals surface area contributed by atoms with E-state index in [9.17, 15) is 56.7 Å². The van der Waals surface area contributed by atoms with Crippen molar-refractivity contribution in [3.63, 3.8) is 0 Å². The molecule has 23 heteroatoms. The van der Waals surface area contributed by atoms with Gasteiger partial charge in [0.15, 0.2) is 6.61 Å². The van der Waals surface area contributed by atoms with Crippen LogP contribution in [-0.2, 0) is 51.9 Å². The molecule has 0 radical (unpaired) electrons. The Kier molecular flexibility index (Phi) is 16.5. The zero-order chi connectivity index (χ0) is 57.3. The number of ether oxygens (including phenoxy) is 2. The molecule has 4 atom stereocenters. The summed E-state index contributed by atoms with van der Waals surface area (Å²) in [5, 5.41) is 7.98. The monoisotopic (exact) mass is 1130 g/mol. The van der Waals surface area contributed by atoms with Crippen LogP contribution in [0.5, 0.6) is 5.75 Å². The number of unbranched alkanes of at least 4 members (excludes halogenated alkanes) is 2. The largest absolute Gasteiger partial charge is 0.484 e. The fourth-order valence-electron chi connectivity index (χ4n) is 10.1. The van der Waals surface area contributed by atoms with Gasteiger partial charge in [-0.2, -0.15) is 8.78 Å². The number of fused-ring (bicyclic) bond motifs is 3. The number of amides is 8. The van der Waals surface area contributed by atoms with Gasteiger partial charge in [0.25, 0.3) is 23.6 Å². The summed E-state index contributed by atoms with van der Waals surface area (Å²) < 4.78 is 53.3. The highest BCUT2D eigenvalue weighted by molar-refractivity contribution is 7.52. The predicted octanol–water partition coefficient (Wildman–Crippen LogP) is 5.94. The lowest BCUT2D eigenvalue weighted by atomic mass is 9.84. The van der Waals surface area contributed by atoms with Gasteiger partial charge in [-0.15, -0.1) is 11.3 Å². The Bertz CT molecular complexity index is 3440. The molecule has 4 aromatic carbocycles. The number of nitrogens with one attached hydrogen (secondary N) is 3. The van der Waals surface area contributed by atoms with E-state index in [2.05, 4.69) is 27.8 Å². The highest BCUT2D eigenvalue weighted by atomic mass is 32.1. The van der Waals surface area contributed by atoms with Gasteiger partial charge < -0.3 is 39.7 Å². The van der Waals surface area contributed by atoms with E-state index >= 15 is 4.79 Å². The molecular formula is C57H57F2N6O13PS. The number of imide groups is 2. The maximum Gasteiger partial charge on any atom is 0.399 e. The van der Waals surface area contributed by atoms with Gasteiger partial charge in [-0.1, -0.05) is 81.1 Å². The zero-order valence-electron chi connectivity index (χ0n) is 43.8. The highest BCUT2D eigenvalue weighted by Gasteiger charge is 2.51. The van der Waals surface area contributed by atoms with Crippen molar-refractivity contribution < 1.29 is 71.0 Å². The second-order valence-electron chi connectivity index (χ2n) is 21.0. The summed E-state index contributed by atoms with van der Waals surface area (Å²) in [6.45, 7) is 5.87. The Morgan fingerprint density at radius 3 is 2.45 bits per heavy atom. The van der Waals surface area contributed by atoms with Crippen molar-refractivity contribution in [2.75, 3.05) is 32.8 Å². The first-order chi connectivity index (χ1) is 38.0. The van der Waals surface area contributed by atoms with Gasteiger partial charge in [0, 0.05) is 54.7 Å². The van der Waals surface area contributed by atoms with Gasteiger partial charge in [-0.25, -0.2) is 0 Å². The topological polar surface area (TPSA) is 258 Å². The van der Waals surface area contributed by atoms with E-state index in [1.54, 1.807) is 56.0 Å². The Labute approximate surface area is 462 Å². The van der Waals surface area contributed by atoms with Gasteiger partial charge in [0.2, 0.25) is 23.6 Å². The Balaban J connectivity index is 0.847. The van der Waals surface area contributed by atoms with Crippen LogP contribution in [0.1, 0.15) is 117 Å². The smallest absolute Gasteiger partial charge is 0.399 e. The van der Waals surface area contributed by atoms with Crippen LogP contribution in [0.25, 0.3) is 10.1 Å². The molecule has 418 valence electrons. The number of benzene rings is 4. The first kappa shape index (κ1) is 57.0. The van der Waals surface area contributed by atoms with E-state index < -0.39 is 89.8 Å². The second-order valence-corrected chi connectivity index (χ2v) is 23.7. The molecule has 5 N–H and O–H groups in total. The summed E-state index contributed by atoms with van der Waals surface area (Å²) in [5.74, 6) is 1.87. The molecule has 0 spiro atoms. The van der Waals surface area contributed by atoms with Crippen LogP contribution in [0.2, 0.25) is 0 Å². The molecule has 80 heavy (non-hydrogen) atoms. The normalized spacial score (nSPS) is 18.9. The van der Waals surface area contributed by atoms with E-state index in [1.165, 1.54) is 23.1 Å². The molecule has 1 unspecified atom stereocenters. The third-order valence-corrected chi connectivity index (χ3v) is 16.5. The lowest BCUT2D eigenvalue weighted by molar-refractivity contribution is -0.153. The van der Waals surface area contributed by atoms with Crippen LogP contribution in [0.3, 0.4) is 0 Å². The summed E-state index contributed by atoms with van der Waals surface area (Å²) in [4.78, 5) is 130. The molecule has 4 aliphatic rings. The second kappa shape index (κ2) is 23.2. The van der Waals surface area contributed by atoms with Crippen molar-refractivity contribution in [1.29, 1.82) is 0 Å². The van der Waals surface area contributed by atoms with Crippen molar-refractivity contribution in [2.24, 2.45) is 5.41 Å². The summed E-state index contributed by atoms with van der Waals surface area (Å²) in [6.07, 6.45) is 1.28. The molecular weight excluding hydrogens is 1080 g/mol. The summed E-state index contributed by atoms with van der Waals surface area (Å²) in [6, 6.07) is 20.4. The Morgan fingerprint density at radius 2 is 1.71 bits per heavy atom. The minimum absolute atomic E-state index is 0.00420. The molecule has 8 amide bonds. The summed E-state index contributed by atoms with van der Waals surface area (Å²) >= 11 is 0.939. The quantitative estimate of drug-likeness (QED) is 0.0352. The molecule has 4 aliphatic heterocycles. The number of hydrogen-bond donors (Lipinski definition) is 5. The molecule has 9 rings (SSSR count). The average molecular weight is 1140 g/mol. The molecule has 0 aliphatic carbocycles. The Morgan fingerprint density at radius 1 is 0.938 bits per heavy atom. The van der Waals surface area contributed by atoms with E-state index in [1.807, 2.05) is 30.3 Å². The standard InChI is InChI=1S/C57H57F2N6O13PS/c1-56(2,3)49(62-51(69)45-29-36-26-38(18-21-44(36)80-45)57(58,59)79(74,75)76)55(73)64-30-37-27-39(19-17-35(37)28-42(64)53(71)63-24-25-77-43(31-63)33-12-8-6-9-13-33)78-32-47(67)60-23-10-5-4-7-14-34-15-11-16-40-48(34)54(72)65(52(40)70)41-20-22-46(66)61-50(41)68/h6,8-9,11-13,15-19,21,26-27,29,41-43,49H,4-5,10,20,22-25,28,30-32H2,1-3H3,(H,60,67)(H,62,69)(H,61,66,68)(H2,74,75,76)/t41?,42-,43-,49+/m0/s1. The molecule has 0 saturated carbocycles. The lowest BCUT2D eigenvalue weighted by Gasteiger charge is -2.43. The number of carbonyl (C=O) groups is 8. The number of hydrogen-bond acceptors (Lipinski definition) is 12. The van der Waals surface area contributed by atoms with Crippen molar-refractivity contribution in [2.45, 2.75) is 95.7 Å². The molecule has 5 heterocycles. The number of piperidine rings is 1. The molecule has 19 nitrogen and oxygen atoms in total. The maximum atomic E-state index is 15.1. The first-order valence-electron chi connectivity index (χ1n) is 25.9. The van der Waals surface area contributed by atoms with Crippen LogP contribution in [-0.4, -0.2) is 123 Å². The van der Waals surface area contributed by atoms with Crippen LogP contribution in [0, 0.1) is 17.3 Å². The number of nitrogens with zero attached hydrogens (tertiary/aromatic N) is 3. The third kappa shape index (κ3) is 12.1. The van der Waals surface area contributed by atoms with Gasteiger partial charge >= 0.3 is 13.3 Å². The van der Waals surface area contributed by atoms with Crippen LogP contribution in [0.15, 0.2) is 91.0 Å². The van der Waals surface area contributed by atoms with E-state index in [0.29, 0.717) is 47.4 Å². The molecule has 0 bridgehead atoms. The van der Waals surface area contributed by atoms with Gasteiger partial charge in [0.1, 0.15) is 30.0 Å². The highest BCUT2D eigenvalue weighted by Crippen LogP contribution is 2.59. The van der Waals surface area contributed by atoms with Gasteiger partial charge in [-0.05, 0) is 89.2 Å². The lowest BCUT2D eigenvalue weighted by Crippen LogP contribution is -2.61. The number of morpholine rings is 1. The van der Waals surface area contributed by atoms with Crippen LogP contribution in [0.4, 0.5) is 8.78 Å². The number of halogens is 2. The van der Waals surface area contributed by atoms with Crippen LogP contribution < -0.4 is 20.7 Å². The Hall–Kier alpha value is -7.67. The number of rotatable bonds is 15. The molecule has 2 fully saturated rings. The van der Waals surface area contributed by atoms with E-state index in [-0.39, 0.29) is 79.4 Å². The minimum atomic E-state index is -5.87. The number of carbonyl (C=O) groups excluding carboxylic acids is 8. The van der Waals surface area contributed by atoms with Crippen molar-refractivity contribution in [3.8, 4) is 17.6 Å². The zero-order valence-corrected chi connectivity index (χ0v) is 45.5. The first-order valence-corrected chi connectivity index (χ1v) is 28.3. The minimum Gasteiger partial charge on any atom is -0.484 e. The van der Waals surface area contributed by atoms with Gasteiger partial charge in [-0.3, -0.25) is 53.1 Å². The number of thiophene rings is 1. The van der Waals surface area contributed by atoms with Crippen molar-refractivity contribution in [1.82, 2.24) is 30.7 Å². The maximum absolute atomic E-state index is 15.1. The van der Waals surface area contributed by atoms with Gasteiger partial charge in [0.05, 0.1) is 29.2 Å². The van der Waals surface area contributed by atoms with Crippen molar-refractivity contribution >= 4 is 76.3 Å². The molecule has 5 aromatic rings. The fraction of sp³-hybridized carbons (Fsp3) is 0.368. The van der Waals surface area contributed by atoms with E-state index in [0.717, 1.165) is 39.5 Å². The average Bonchev–Trinajstić information content (AvgIpc) is 4.14. The SMILES string of the molecule is CC(C)(C)[C@H](NC(=O)c1cc2cc(C(F)(F)P(=O)(O)O)ccc2s1)C(=O)N1Cc2cc(OCC(=O)NCCCCC#Cc3cccc4c3C(=O)N(C3CCC(=O)NC3=O)C4=O)ccc2C[C@H]1C(=O)N1CCO[C@H](c2ccccc2)C1. The third-order valence-electron chi connectivity index (χ3n) is 14.4. The summed E-state index contributed by atoms with van der Waals surface area (Å²) in [7, 11) is -5.87. The predicted molar refractivity (Wildman–Crippen MR) is 287 cm³/mol. The number of alkyl halides is 2. The summed E-state index contributed by atoms with van der Waals surface area (Å²) in [5.41, 5.74) is -3.48. The van der Waals surface area contributed by atoms with E-state index in [4.69, 9.17) is 9.47 Å². The molecule has 2 saturated heterocycles. The fourth-order valence-corrected chi connectivity index (χ4v) is 11.5. The van der Waals surface area contributed by atoms with Crippen molar-refractivity contribution in [3.05, 3.63) is 135 Å². The molecule has 1 aromatic heterocycles. The van der Waals surface area contributed by atoms with Crippen LogP contribution >= 0.6 is 18.9 Å².